The molecule has 1 unspecified atom stereocenters. The normalized spacial score (nSPS) is 17.9. The number of hydrogen-bond donors (Lipinski definition) is 1. The summed E-state index contributed by atoms with van der Waals surface area (Å²) >= 11 is 6.01. The van der Waals surface area contributed by atoms with Crippen molar-refractivity contribution in [2.24, 2.45) is 0 Å². The van der Waals surface area contributed by atoms with Crippen LogP contribution in [0.2, 0.25) is 5.02 Å². The molecule has 1 aromatic carbocycles. The molecular weight excluding hydrogens is 276 g/mol. The number of aryl methyl sites for hydroxylation is 2. The number of carbonyl (C=O) groups is 1. The van der Waals surface area contributed by atoms with Gasteiger partial charge in [-0.25, -0.2) is 0 Å². The monoisotopic (exact) mass is 290 g/mol. The van der Waals surface area contributed by atoms with Crippen molar-refractivity contribution in [1.82, 2.24) is 4.90 Å². The fourth-order valence-corrected chi connectivity index (χ4v) is 2.75. The first-order valence-electron chi connectivity index (χ1n) is 6.37. The molecule has 1 N–H and O–H groups in total. The lowest BCUT2D eigenvalue weighted by atomic mass is 10.0. The summed E-state index contributed by atoms with van der Waals surface area (Å²) in [4.78, 5) is 14.1. The van der Waals surface area contributed by atoms with Crippen LogP contribution in [0.5, 0.6) is 0 Å². The number of fused-ring (bicyclic) bond motifs is 1. The van der Waals surface area contributed by atoms with E-state index < -0.39 is 0 Å². The molecule has 3 rings (SSSR count). The maximum absolute atomic E-state index is 12.4. The van der Waals surface area contributed by atoms with Crippen molar-refractivity contribution < 1.29 is 9.21 Å². The van der Waals surface area contributed by atoms with Crippen molar-refractivity contribution in [1.29, 1.82) is 0 Å². The average molecular weight is 291 g/mol. The topological polar surface area (TPSA) is 45.5 Å². The van der Waals surface area contributed by atoms with E-state index in [4.69, 9.17) is 16.0 Å². The van der Waals surface area contributed by atoms with Gasteiger partial charge in [0, 0.05) is 17.6 Å². The molecule has 0 fully saturated rings. The number of rotatable bonds is 1. The Morgan fingerprint density at radius 1 is 1.30 bits per heavy atom. The van der Waals surface area contributed by atoms with E-state index in [-0.39, 0.29) is 12.1 Å². The molecule has 0 aliphatic carbocycles. The minimum absolute atomic E-state index is 0.0290. The van der Waals surface area contributed by atoms with Crippen LogP contribution >= 0.6 is 11.6 Å². The number of nitrogens with zero attached hydrogens (tertiary/aromatic N) is 1. The molecule has 4 nitrogen and oxygen atoms in total. The first-order valence-corrected chi connectivity index (χ1v) is 6.75. The molecule has 1 aromatic heterocycles. The summed E-state index contributed by atoms with van der Waals surface area (Å²) in [5.74, 6) is 1.61. The number of benzene rings is 1. The van der Waals surface area contributed by atoms with Crippen molar-refractivity contribution in [2.75, 3.05) is 12.4 Å². The molecule has 104 valence electrons. The lowest BCUT2D eigenvalue weighted by Gasteiger charge is -2.35. The van der Waals surface area contributed by atoms with Crippen LogP contribution in [0.15, 0.2) is 28.7 Å². The van der Waals surface area contributed by atoms with E-state index in [9.17, 15) is 4.79 Å². The van der Waals surface area contributed by atoms with Crippen LogP contribution in [0.4, 0.5) is 5.69 Å². The second kappa shape index (κ2) is 4.56. The van der Waals surface area contributed by atoms with E-state index in [0.29, 0.717) is 10.6 Å². The van der Waals surface area contributed by atoms with Crippen LogP contribution in [-0.2, 0) is 0 Å². The number of nitrogens with one attached hydrogen (secondary N) is 1. The zero-order valence-corrected chi connectivity index (χ0v) is 12.3. The second-order valence-electron chi connectivity index (χ2n) is 5.02. The van der Waals surface area contributed by atoms with Crippen LogP contribution in [0.25, 0.3) is 0 Å². The maximum atomic E-state index is 12.4. The highest BCUT2D eigenvalue weighted by molar-refractivity contribution is 6.31. The fourth-order valence-electron chi connectivity index (χ4n) is 2.58. The number of halogens is 1. The maximum Gasteiger partial charge on any atom is 0.257 e. The number of furan rings is 1. The van der Waals surface area contributed by atoms with E-state index >= 15 is 0 Å². The molecule has 2 heterocycles. The lowest BCUT2D eigenvalue weighted by Crippen LogP contribution is -2.40. The fraction of sp³-hybridized carbons (Fsp3) is 0.267. The first kappa shape index (κ1) is 13.1. The molecule has 2 aromatic rings. The first-order chi connectivity index (χ1) is 9.47. The lowest BCUT2D eigenvalue weighted by molar-refractivity contribution is 0.0735. The highest BCUT2D eigenvalue weighted by atomic mass is 35.5. The van der Waals surface area contributed by atoms with Gasteiger partial charge in [-0.1, -0.05) is 11.6 Å². The molecule has 5 heteroatoms. The van der Waals surface area contributed by atoms with Crippen LogP contribution in [0, 0.1) is 13.8 Å². The van der Waals surface area contributed by atoms with Crippen molar-refractivity contribution in [3.63, 3.8) is 0 Å². The van der Waals surface area contributed by atoms with Gasteiger partial charge in [-0.05, 0) is 38.1 Å². The van der Waals surface area contributed by atoms with Gasteiger partial charge >= 0.3 is 0 Å². The third-order valence-electron chi connectivity index (χ3n) is 3.59. The molecule has 0 spiro atoms. The van der Waals surface area contributed by atoms with Gasteiger partial charge in [-0.15, -0.1) is 0 Å². The van der Waals surface area contributed by atoms with Crippen LogP contribution < -0.4 is 5.32 Å². The third-order valence-corrected chi connectivity index (χ3v) is 3.82. The zero-order valence-electron chi connectivity index (χ0n) is 11.5. The van der Waals surface area contributed by atoms with Crippen LogP contribution in [-0.4, -0.2) is 17.9 Å². The van der Waals surface area contributed by atoms with Gasteiger partial charge < -0.3 is 14.6 Å². The Balaban J connectivity index is 2.07. The zero-order chi connectivity index (χ0) is 14.4. The highest BCUT2D eigenvalue weighted by Crippen LogP contribution is 2.35. The van der Waals surface area contributed by atoms with Gasteiger partial charge in [-0.2, -0.15) is 0 Å². The predicted molar refractivity (Wildman–Crippen MR) is 78.1 cm³/mol. The van der Waals surface area contributed by atoms with Crippen molar-refractivity contribution in [3.05, 3.63) is 51.9 Å². The van der Waals surface area contributed by atoms with E-state index in [2.05, 4.69) is 5.32 Å². The van der Waals surface area contributed by atoms with Gasteiger partial charge in [0.15, 0.2) is 0 Å². The number of hydrogen-bond acceptors (Lipinski definition) is 3. The molecule has 1 aliphatic heterocycles. The summed E-state index contributed by atoms with van der Waals surface area (Å²) in [5.41, 5.74) is 2.35. The van der Waals surface area contributed by atoms with Crippen LogP contribution in [0.1, 0.15) is 33.6 Å². The molecule has 0 bridgehead atoms. The molecule has 20 heavy (non-hydrogen) atoms. The minimum Gasteiger partial charge on any atom is -0.466 e. The molecular formula is C15H15ClN2O2. The summed E-state index contributed by atoms with van der Waals surface area (Å²) < 4.78 is 5.56. The van der Waals surface area contributed by atoms with Crippen molar-refractivity contribution in [2.45, 2.75) is 20.0 Å². The third kappa shape index (κ3) is 1.96. The van der Waals surface area contributed by atoms with Gasteiger partial charge in [0.2, 0.25) is 0 Å². The summed E-state index contributed by atoms with van der Waals surface area (Å²) in [6.45, 7) is 3.79. The predicted octanol–water partition coefficient (Wildman–Crippen LogP) is 3.75. The summed E-state index contributed by atoms with van der Waals surface area (Å²) in [6.07, 6.45) is -0.245. The Kier molecular flexibility index (Phi) is 2.98. The molecule has 0 saturated carbocycles. The Bertz CT molecular complexity index is 693. The number of anilines is 1. The van der Waals surface area contributed by atoms with E-state index in [1.165, 1.54) is 0 Å². The number of carbonyl (C=O) groups excluding carboxylic acids is 1. The van der Waals surface area contributed by atoms with E-state index in [1.807, 2.05) is 19.9 Å². The van der Waals surface area contributed by atoms with Gasteiger partial charge in [-0.3, -0.25) is 4.79 Å². The standard InChI is InChI=1S/C15H15ClN2O2/c1-8-6-12(9(2)20-8)14-17-13-7-10(16)4-5-11(13)15(19)18(14)3/h4-7,14,17H,1-3H3. The van der Waals surface area contributed by atoms with E-state index in [1.54, 1.807) is 30.1 Å². The molecule has 1 aliphatic rings. The molecule has 1 atom stereocenters. The largest absolute Gasteiger partial charge is 0.466 e. The van der Waals surface area contributed by atoms with E-state index in [0.717, 1.165) is 22.8 Å². The Labute approximate surface area is 122 Å². The van der Waals surface area contributed by atoms with Crippen LogP contribution in [0.3, 0.4) is 0 Å². The van der Waals surface area contributed by atoms with Gasteiger partial charge in [0.25, 0.3) is 5.91 Å². The SMILES string of the molecule is Cc1cc(C2Nc3cc(Cl)ccc3C(=O)N2C)c(C)o1. The smallest absolute Gasteiger partial charge is 0.257 e. The molecule has 1 amide bonds. The molecule has 0 radical (unpaired) electrons. The van der Waals surface area contributed by atoms with Gasteiger partial charge in [0.1, 0.15) is 17.7 Å². The molecule has 0 saturated heterocycles. The average Bonchev–Trinajstić information content (AvgIpc) is 2.72. The Morgan fingerprint density at radius 2 is 2.05 bits per heavy atom. The summed E-state index contributed by atoms with van der Waals surface area (Å²) in [6, 6.07) is 7.19. The Morgan fingerprint density at radius 3 is 2.70 bits per heavy atom. The second-order valence-corrected chi connectivity index (χ2v) is 5.46. The summed E-state index contributed by atoms with van der Waals surface area (Å²) in [7, 11) is 1.78. The minimum atomic E-state index is -0.245. The number of amides is 1. The van der Waals surface area contributed by atoms with Gasteiger partial charge in [0.05, 0.1) is 11.3 Å². The van der Waals surface area contributed by atoms with Crippen molar-refractivity contribution in [3.8, 4) is 0 Å². The highest BCUT2D eigenvalue weighted by Gasteiger charge is 2.32. The van der Waals surface area contributed by atoms with Crippen molar-refractivity contribution >= 4 is 23.2 Å². The Hall–Kier alpha value is -1.94. The summed E-state index contributed by atoms with van der Waals surface area (Å²) in [5, 5.41) is 3.95. The quantitative estimate of drug-likeness (QED) is 0.870.